The van der Waals surface area contributed by atoms with Crippen LogP contribution < -0.4 is 16.6 Å². The van der Waals surface area contributed by atoms with Crippen LogP contribution in [0.1, 0.15) is 39.1 Å². The van der Waals surface area contributed by atoms with E-state index in [4.69, 9.17) is 10.3 Å². The second kappa shape index (κ2) is 9.71. The fourth-order valence-corrected chi connectivity index (χ4v) is 5.03. The highest BCUT2D eigenvalue weighted by molar-refractivity contribution is 6.12. The Morgan fingerprint density at radius 1 is 1.08 bits per heavy atom. The molecule has 2 amide bonds. The van der Waals surface area contributed by atoms with Gasteiger partial charge in [0.25, 0.3) is 17.4 Å². The van der Waals surface area contributed by atoms with E-state index in [1.54, 1.807) is 20.2 Å². The Hall–Kier alpha value is -4.99. The van der Waals surface area contributed by atoms with E-state index in [0.717, 1.165) is 33.8 Å². The Bertz CT molecular complexity index is 1830. The Balaban J connectivity index is 1.58. The number of rotatable bonds is 6. The fraction of sp³-hybridized carbons (Fsp3) is 0.172. The summed E-state index contributed by atoms with van der Waals surface area (Å²) in [5.74, 6) is -1.67. The van der Waals surface area contributed by atoms with Crippen molar-refractivity contribution >= 4 is 28.4 Å². The molecule has 0 aliphatic heterocycles. The molecular weight excluding hydrogens is 501 g/mol. The number of amides is 2. The van der Waals surface area contributed by atoms with Gasteiger partial charge in [0.2, 0.25) is 0 Å². The van der Waals surface area contributed by atoms with Gasteiger partial charge in [-0.15, -0.1) is 0 Å². The second-order valence-electron chi connectivity index (χ2n) is 9.19. The summed E-state index contributed by atoms with van der Waals surface area (Å²) < 4.78 is 22.6. The molecule has 0 unspecified atom stereocenters. The molecule has 0 bridgehead atoms. The van der Waals surface area contributed by atoms with Gasteiger partial charge in [0.15, 0.2) is 5.69 Å². The Labute approximate surface area is 222 Å². The number of hydrogen-bond donors (Lipinski definition) is 2. The molecule has 0 atom stereocenters. The van der Waals surface area contributed by atoms with Crippen LogP contribution in [0.3, 0.4) is 0 Å². The molecule has 5 aromatic rings. The molecule has 39 heavy (non-hydrogen) atoms. The van der Waals surface area contributed by atoms with Crippen LogP contribution in [0.5, 0.6) is 0 Å². The maximum absolute atomic E-state index is 13.9. The summed E-state index contributed by atoms with van der Waals surface area (Å²) in [5, 5.41) is 3.56. The number of pyridine rings is 1. The Morgan fingerprint density at radius 3 is 2.38 bits per heavy atom. The lowest BCUT2D eigenvalue weighted by Gasteiger charge is -2.12. The second-order valence-corrected chi connectivity index (χ2v) is 9.19. The average molecular weight is 528 g/mol. The number of fused-ring (bicyclic) bond motifs is 1. The molecule has 9 nitrogen and oxygen atoms in total. The topological polar surface area (TPSA) is 125 Å². The van der Waals surface area contributed by atoms with Crippen LogP contribution in [0.15, 0.2) is 64.0 Å². The van der Waals surface area contributed by atoms with E-state index in [2.05, 4.69) is 10.3 Å². The van der Waals surface area contributed by atoms with Gasteiger partial charge < -0.3 is 20.1 Å². The molecule has 3 N–H and O–H groups in total. The van der Waals surface area contributed by atoms with Gasteiger partial charge in [0.1, 0.15) is 11.6 Å². The first-order chi connectivity index (χ1) is 18.6. The highest BCUT2D eigenvalue weighted by Crippen LogP contribution is 2.35. The largest absolute Gasteiger partial charge is 0.381 e. The first-order valence-electron chi connectivity index (χ1n) is 12.3. The van der Waals surface area contributed by atoms with Crippen molar-refractivity contribution < 1.29 is 18.5 Å². The van der Waals surface area contributed by atoms with Crippen LogP contribution >= 0.6 is 0 Å². The van der Waals surface area contributed by atoms with Crippen molar-refractivity contribution in [3.63, 3.8) is 0 Å². The number of aryl methyl sites for hydroxylation is 4. The minimum Gasteiger partial charge on any atom is -0.381 e. The zero-order chi connectivity index (χ0) is 28.0. The van der Waals surface area contributed by atoms with Crippen molar-refractivity contribution in [3.05, 3.63) is 93.5 Å². The van der Waals surface area contributed by atoms with Gasteiger partial charge in [-0.05, 0) is 61.7 Å². The average Bonchev–Trinajstić information content (AvgIpc) is 3.35. The first kappa shape index (κ1) is 25.7. The third-order valence-electron chi connectivity index (χ3n) is 6.82. The van der Waals surface area contributed by atoms with Gasteiger partial charge in [0, 0.05) is 30.9 Å². The molecule has 0 radical (unpaired) electrons. The van der Waals surface area contributed by atoms with Gasteiger partial charge in [-0.25, -0.2) is 9.37 Å². The summed E-state index contributed by atoms with van der Waals surface area (Å²) >= 11 is 0. The third kappa shape index (κ3) is 4.29. The van der Waals surface area contributed by atoms with Crippen LogP contribution in [0.25, 0.3) is 33.3 Å². The molecule has 2 aromatic carbocycles. The van der Waals surface area contributed by atoms with E-state index in [1.807, 2.05) is 48.7 Å². The van der Waals surface area contributed by atoms with E-state index in [1.165, 1.54) is 16.9 Å². The van der Waals surface area contributed by atoms with Crippen LogP contribution in [-0.2, 0) is 13.6 Å². The fourth-order valence-electron chi connectivity index (χ4n) is 5.03. The number of nitrogens with two attached hydrogens (primary N) is 1. The molecule has 0 saturated carbocycles. The van der Waals surface area contributed by atoms with Crippen molar-refractivity contribution in [3.8, 4) is 22.4 Å². The number of primary amides is 1. The summed E-state index contributed by atoms with van der Waals surface area (Å²) in [4.78, 5) is 41.7. The van der Waals surface area contributed by atoms with Gasteiger partial charge in [-0.3, -0.25) is 14.4 Å². The summed E-state index contributed by atoms with van der Waals surface area (Å²) in [5.41, 5.74) is 9.81. The zero-order valence-corrected chi connectivity index (χ0v) is 21.8. The highest BCUT2D eigenvalue weighted by atomic mass is 19.1. The Kier molecular flexibility index (Phi) is 6.39. The van der Waals surface area contributed by atoms with Crippen LogP contribution in [0.4, 0.5) is 10.1 Å². The van der Waals surface area contributed by atoms with Crippen molar-refractivity contribution in [1.29, 1.82) is 0 Å². The molecule has 0 fully saturated rings. The van der Waals surface area contributed by atoms with Crippen LogP contribution in [0, 0.1) is 19.7 Å². The summed E-state index contributed by atoms with van der Waals surface area (Å²) in [6, 6.07) is 13.1. The maximum Gasteiger partial charge on any atom is 0.290 e. The number of nitrogens with zero attached hydrogens (tertiary/aromatic N) is 3. The lowest BCUT2D eigenvalue weighted by molar-refractivity contribution is 0.0992. The number of halogens is 1. The molecule has 0 saturated heterocycles. The van der Waals surface area contributed by atoms with Gasteiger partial charge in [-0.1, -0.05) is 24.3 Å². The minimum atomic E-state index is -0.932. The van der Waals surface area contributed by atoms with Gasteiger partial charge in [0.05, 0.1) is 22.3 Å². The number of benzene rings is 2. The summed E-state index contributed by atoms with van der Waals surface area (Å²) in [7, 11) is 1.57. The van der Waals surface area contributed by atoms with Crippen LogP contribution in [-0.4, -0.2) is 26.1 Å². The number of carbonyl (C=O) groups excluding carboxylic acids is 2. The van der Waals surface area contributed by atoms with E-state index < -0.39 is 17.6 Å². The minimum absolute atomic E-state index is 0.183. The lowest BCUT2D eigenvalue weighted by atomic mass is 10.0. The van der Waals surface area contributed by atoms with Crippen molar-refractivity contribution in [1.82, 2.24) is 14.3 Å². The maximum atomic E-state index is 13.9. The van der Waals surface area contributed by atoms with E-state index >= 15 is 0 Å². The molecule has 10 heteroatoms. The predicted octanol–water partition coefficient (Wildman–Crippen LogP) is 4.79. The van der Waals surface area contributed by atoms with Crippen molar-refractivity contribution in [2.45, 2.75) is 27.3 Å². The molecule has 5 rings (SSSR count). The highest BCUT2D eigenvalue weighted by Gasteiger charge is 2.23. The number of carbonyl (C=O) groups is 2. The normalized spacial score (nSPS) is 11.2. The van der Waals surface area contributed by atoms with E-state index in [0.29, 0.717) is 23.4 Å². The predicted molar refractivity (Wildman–Crippen MR) is 146 cm³/mol. The van der Waals surface area contributed by atoms with E-state index in [9.17, 15) is 18.8 Å². The van der Waals surface area contributed by atoms with Crippen molar-refractivity contribution in [2.75, 3.05) is 5.32 Å². The molecule has 0 aliphatic carbocycles. The SMILES string of the molecule is CCn1c(-c2ccc(-c3c(C)on(C)c3=O)cc2)c(C)c2ccnc(C(=O)Nc3ccc(F)c(C(N)=O)c3)c21. The Morgan fingerprint density at radius 2 is 1.77 bits per heavy atom. The number of nitrogens with one attached hydrogen (secondary N) is 1. The first-order valence-corrected chi connectivity index (χ1v) is 12.3. The van der Waals surface area contributed by atoms with Gasteiger partial charge in [-0.2, -0.15) is 4.74 Å². The van der Waals surface area contributed by atoms with E-state index in [-0.39, 0.29) is 22.5 Å². The molecule has 3 heterocycles. The van der Waals surface area contributed by atoms with Crippen molar-refractivity contribution in [2.24, 2.45) is 12.8 Å². The summed E-state index contributed by atoms with van der Waals surface area (Å²) in [6.45, 7) is 6.26. The zero-order valence-electron chi connectivity index (χ0n) is 21.8. The molecule has 0 spiro atoms. The van der Waals surface area contributed by atoms with Crippen LogP contribution in [0.2, 0.25) is 0 Å². The molecular formula is C29H26FN5O4. The quantitative estimate of drug-likeness (QED) is 0.329. The smallest absolute Gasteiger partial charge is 0.290 e. The lowest BCUT2D eigenvalue weighted by Crippen LogP contribution is -2.17. The molecule has 0 aliphatic rings. The monoisotopic (exact) mass is 527 g/mol. The molecule has 198 valence electrons. The number of hydrogen-bond acceptors (Lipinski definition) is 5. The third-order valence-corrected chi connectivity index (χ3v) is 6.82. The standard InChI is InChI=1S/C29H26FN5O4/c1-5-35-25(18-8-6-17(7-9-18)23-16(3)39-34(4)29(23)38)15(2)20-12-13-32-24(26(20)35)28(37)33-19-10-11-22(30)21(14-19)27(31)36/h6-14H,5H2,1-4H3,(H2,31,36)(H,33,37). The molecule has 3 aromatic heterocycles. The number of aromatic nitrogens is 3. The number of anilines is 1. The summed E-state index contributed by atoms with van der Waals surface area (Å²) in [6.07, 6.45) is 1.56. The van der Waals surface area contributed by atoms with Gasteiger partial charge >= 0.3 is 0 Å².